The molecule has 424 valence electrons. The van der Waals surface area contributed by atoms with Crippen molar-refractivity contribution in [1.82, 2.24) is 0 Å². The van der Waals surface area contributed by atoms with Crippen LogP contribution in [0.5, 0.6) is 0 Å². The van der Waals surface area contributed by atoms with Crippen LogP contribution in [0.2, 0.25) is 0 Å². The van der Waals surface area contributed by atoms with Crippen molar-refractivity contribution in [3.05, 3.63) is 48.6 Å². The molecule has 0 fully saturated rings. The molecule has 0 spiro atoms. The first kappa shape index (κ1) is 70.5. The number of carbonyl (C=O) groups is 1. The lowest BCUT2D eigenvalue weighted by Crippen LogP contribution is -2.37. The number of allylic oxidation sites excluding steroid dienone is 8. The second kappa shape index (κ2) is 55.7. The van der Waals surface area contributed by atoms with Gasteiger partial charge in [-0.2, -0.15) is 0 Å². The lowest BCUT2D eigenvalue weighted by Gasteiger charge is -2.28. The third-order valence-corrected chi connectivity index (χ3v) is 14.6. The van der Waals surface area contributed by atoms with Crippen molar-refractivity contribution in [3.8, 4) is 0 Å². The number of nitrogens with zero attached hydrogens (tertiary/aromatic N) is 1. The summed E-state index contributed by atoms with van der Waals surface area (Å²) in [5.41, 5.74) is 0. The van der Waals surface area contributed by atoms with Crippen LogP contribution in [-0.2, 0) is 27.9 Å². The Kier molecular flexibility index (Phi) is 54.5. The highest BCUT2D eigenvalue weighted by atomic mass is 31.2. The Balaban J connectivity index is 4.00. The van der Waals surface area contributed by atoms with Gasteiger partial charge in [-0.15, -0.1) is 0 Å². The summed E-state index contributed by atoms with van der Waals surface area (Å²) in [5.74, 6) is -0.328. The van der Waals surface area contributed by atoms with Gasteiger partial charge in [0.05, 0.1) is 34.4 Å². The third-order valence-electron chi connectivity index (χ3n) is 13.6. The zero-order valence-corrected chi connectivity index (χ0v) is 49.3. The van der Waals surface area contributed by atoms with E-state index in [1.165, 1.54) is 212 Å². The molecule has 0 aliphatic rings. The molecule has 0 radical (unpaired) electrons. The van der Waals surface area contributed by atoms with Crippen molar-refractivity contribution in [1.29, 1.82) is 0 Å². The number of phosphoric ester groups is 1. The summed E-state index contributed by atoms with van der Waals surface area (Å²) in [7, 11) is 1.37. The number of quaternary nitrogens is 1. The highest BCUT2D eigenvalue weighted by Crippen LogP contribution is 2.38. The van der Waals surface area contributed by atoms with Crippen molar-refractivity contribution >= 4 is 13.8 Å². The van der Waals surface area contributed by atoms with E-state index >= 15 is 0 Å². The molecule has 0 aromatic rings. The number of unbranched alkanes of at least 4 members (excludes halogenated alkanes) is 36. The smallest absolute Gasteiger partial charge is 0.306 e. The fraction of sp³-hybridized carbons (Fsp3) is 0.857. The van der Waals surface area contributed by atoms with Crippen LogP contribution in [0.15, 0.2) is 48.6 Å². The number of hydrogen-bond donors (Lipinski definition) is 0. The topological polar surface area (TPSA) is 94.1 Å². The molecule has 0 amide bonds. The van der Waals surface area contributed by atoms with E-state index in [0.717, 1.165) is 57.8 Å². The maximum atomic E-state index is 12.8. The molecule has 2 unspecified atom stereocenters. The second-order valence-electron chi connectivity index (χ2n) is 22.0. The van der Waals surface area contributed by atoms with E-state index in [4.69, 9.17) is 18.5 Å². The van der Waals surface area contributed by atoms with E-state index in [2.05, 4.69) is 62.5 Å². The molecule has 0 aliphatic heterocycles. The molecule has 0 aliphatic carbocycles. The van der Waals surface area contributed by atoms with Crippen LogP contribution < -0.4 is 4.89 Å². The Morgan fingerprint density at radius 1 is 0.444 bits per heavy atom. The number of rotatable bonds is 58. The SMILES string of the molecule is CC/C=C\C/C=C\C/C=C\C/C=C\CCCCCCCCCCCCCCCOCC(COP(=O)([O-])OCC[N+](C)(C)C)OC(=O)CCCCCCCCCCCCCCCCCCCCCCCCCC. The van der Waals surface area contributed by atoms with Crippen LogP contribution in [-0.4, -0.2) is 70.7 Å². The van der Waals surface area contributed by atoms with E-state index in [1.54, 1.807) is 0 Å². The van der Waals surface area contributed by atoms with Crippen molar-refractivity contribution in [2.75, 3.05) is 54.1 Å². The molecule has 8 nitrogen and oxygen atoms in total. The average Bonchev–Trinajstić information content (AvgIpc) is 3.34. The lowest BCUT2D eigenvalue weighted by atomic mass is 10.0. The molecule has 0 aromatic carbocycles. The van der Waals surface area contributed by atoms with Crippen LogP contribution in [0.1, 0.15) is 290 Å². The predicted molar refractivity (Wildman–Crippen MR) is 310 cm³/mol. The van der Waals surface area contributed by atoms with Gasteiger partial charge in [0.2, 0.25) is 0 Å². The van der Waals surface area contributed by atoms with Crippen LogP contribution in [0, 0.1) is 0 Å². The van der Waals surface area contributed by atoms with Gasteiger partial charge in [-0.3, -0.25) is 9.36 Å². The summed E-state index contributed by atoms with van der Waals surface area (Å²) >= 11 is 0. The summed E-state index contributed by atoms with van der Waals surface area (Å²) in [6.07, 6.45) is 71.7. The minimum Gasteiger partial charge on any atom is -0.756 e. The monoisotopic (exact) mass is 1030 g/mol. The molecule has 72 heavy (non-hydrogen) atoms. The first-order valence-electron chi connectivity index (χ1n) is 30.9. The van der Waals surface area contributed by atoms with Gasteiger partial charge in [-0.05, 0) is 51.4 Å². The molecule has 0 heterocycles. The number of phosphoric acid groups is 1. The molecular weight excluding hydrogens is 914 g/mol. The number of hydrogen-bond acceptors (Lipinski definition) is 7. The Hall–Kier alpha value is -1.54. The minimum absolute atomic E-state index is 0.0272. The van der Waals surface area contributed by atoms with Crippen LogP contribution in [0.4, 0.5) is 0 Å². The maximum absolute atomic E-state index is 12.8. The van der Waals surface area contributed by atoms with Crippen molar-refractivity contribution in [2.24, 2.45) is 0 Å². The Morgan fingerprint density at radius 2 is 0.806 bits per heavy atom. The van der Waals surface area contributed by atoms with Crippen molar-refractivity contribution in [2.45, 2.75) is 296 Å². The Bertz CT molecular complexity index is 1290. The van der Waals surface area contributed by atoms with Gasteiger partial charge in [0.15, 0.2) is 0 Å². The molecule has 0 N–H and O–H groups in total. The van der Waals surface area contributed by atoms with Gasteiger partial charge in [-0.25, -0.2) is 0 Å². The fourth-order valence-electron chi connectivity index (χ4n) is 8.95. The van der Waals surface area contributed by atoms with E-state index in [-0.39, 0.29) is 25.8 Å². The van der Waals surface area contributed by atoms with Gasteiger partial charge >= 0.3 is 5.97 Å². The number of ether oxygens (including phenoxy) is 2. The van der Waals surface area contributed by atoms with Gasteiger partial charge in [-0.1, -0.05) is 281 Å². The predicted octanol–water partition coefficient (Wildman–Crippen LogP) is 19.2. The highest BCUT2D eigenvalue weighted by molar-refractivity contribution is 7.45. The highest BCUT2D eigenvalue weighted by Gasteiger charge is 2.20. The average molecular weight is 1030 g/mol. The molecule has 2 atom stereocenters. The van der Waals surface area contributed by atoms with Crippen LogP contribution in [0.25, 0.3) is 0 Å². The Labute approximate surface area is 448 Å². The fourth-order valence-corrected chi connectivity index (χ4v) is 9.68. The lowest BCUT2D eigenvalue weighted by molar-refractivity contribution is -0.870. The standard InChI is InChI=1S/C63H120NO7P/c1-6-8-10-12-14-16-18-20-22-24-26-28-30-32-33-35-37-39-41-43-45-47-49-51-53-55-58-68-60-62(61-70-72(66,67)69-59-57-64(3,4)5)71-63(65)56-54-52-50-48-46-44-42-40-38-36-34-31-29-27-25-23-21-19-17-15-13-11-9-7-2/h8,10,14,16,20,22,26,28,62H,6-7,9,11-13,15,17-19,21,23-25,27,29-61H2,1-5H3/b10-8-,16-14-,22-20-,28-26-. The summed E-state index contributed by atoms with van der Waals surface area (Å²) < 4.78 is 34.9. The second-order valence-corrected chi connectivity index (χ2v) is 23.5. The maximum Gasteiger partial charge on any atom is 0.306 e. The van der Waals surface area contributed by atoms with Crippen molar-refractivity contribution < 1.29 is 37.3 Å². The summed E-state index contributed by atoms with van der Waals surface area (Å²) in [6.45, 7) is 5.36. The quantitative estimate of drug-likeness (QED) is 0.0197. The molecule has 0 bridgehead atoms. The third kappa shape index (κ3) is 59.3. The normalized spacial score (nSPS) is 13.7. The number of likely N-dealkylation sites (N-methyl/N-ethyl adjacent to an activating group) is 1. The van der Waals surface area contributed by atoms with Crippen LogP contribution >= 0.6 is 7.82 Å². The zero-order chi connectivity index (χ0) is 52.6. The molecule has 0 saturated carbocycles. The van der Waals surface area contributed by atoms with Gasteiger partial charge in [0.1, 0.15) is 19.3 Å². The summed E-state index contributed by atoms with van der Waals surface area (Å²) in [5, 5.41) is 0. The molecule has 0 saturated heterocycles. The number of esters is 1. The first-order valence-corrected chi connectivity index (χ1v) is 32.3. The van der Waals surface area contributed by atoms with Gasteiger partial charge in [0.25, 0.3) is 7.82 Å². The Morgan fingerprint density at radius 3 is 1.21 bits per heavy atom. The number of carbonyl (C=O) groups excluding carboxylic acids is 1. The summed E-state index contributed by atoms with van der Waals surface area (Å²) in [6, 6.07) is 0. The first-order chi connectivity index (χ1) is 35.1. The van der Waals surface area contributed by atoms with Crippen molar-refractivity contribution in [3.63, 3.8) is 0 Å². The minimum atomic E-state index is -4.54. The molecule has 9 heteroatoms. The summed E-state index contributed by atoms with van der Waals surface area (Å²) in [4.78, 5) is 25.3. The molecule has 0 aromatic heterocycles. The largest absolute Gasteiger partial charge is 0.756 e. The molecule has 0 rings (SSSR count). The van der Waals surface area contributed by atoms with E-state index in [0.29, 0.717) is 24.1 Å². The van der Waals surface area contributed by atoms with E-state index < -0.39 is 13.9 Å². The van der Waals surface area contributed by atoms with E-state index in [9.17, 15) is 14.3 Å². The zero-order valence-electron chi connectivity index (χ0n) is 48.4. The van der Waals surface area contributed by atoms with E-state index in [1.807, 2.05) is 21.1 Å². The van der Waals surface area contributed by atoms with Gasteiger partial charge in [0, 0.05) is 13.0 Å². The molecular formula is C63H120NO7P. The van der Waals surface area contributed by atoms with Crippen LogP contribution in [0.3, 0.4) is 0 Å². The van der Waals surface area contributed by atoms with Gasteiger partial charge < -0.3 is 27.9 Å².